The number of aliphatic hydroxyl groups is 1. The first kappa shape index (κ1) is 22.2. The second-order valence-electron chi connectivity index (χ2n) is 9.46. The number of rotatable bonds is 4. The summed E-state index contributed by atoms with van der Waals surface area (Å²) in [5, 5.41) is 30.0. The topological polar surface area (TPSA) is 99.7 Å². The predicted octanol–water partition coefficient (Wildman–Crippen LogP) is 5.53. The molecule has 0 atom stereocenters. The molecule has 1 aliphatic carbocycles. The van der Waals surface area contributed by atoms with Gasteiger partial charge in [0.15, 0.2) is 5.69 Å². The maximum atomic E-state index is 9.84. The van der Waals surface area contributed by atoms with Gasteiger partial charge in [0.25, 0.3) is 0 Å². The van der Waals surface area contributed by atoms with Crippen LogP contribution < -0.4 is 5.32 Å². The van der Waals surface area contributed by atoms with Gasteiger partial charge in [-0.05, 0) is 62.4 Å². The first-order valence-corrected chi connectivity index (χ1v) is 12.3. The minimum Gasteiger partial charge on any atom is -0.393 e. The lowest BCUT2D eigenvalue weighted by atomic mass is 9.93. The van der Waals surface area contributed by atoms with Gasteiger partial charge in [-0.25, -0.2) is 9.67 Å². The maximum absolute atomic E-state index is 9.84. The van der Waals surface area contributed by atoms with Gasteiger partial charge in [0.1, 0.15) is 6.07 Å². The van der Waals surface area contributed by atoms with E-state index in [-0.39, 0.29) is 12.1 Å². The molecule has 3 aromatic heterocycles. The van der Waals surface area contributed by atoms with Gasteiger partial charge in [0, 0.05) is 28.6 Å². The van der Waals surface area contributed by atoms with Gasteiger partial charge in [-0.15, -0.1) is 0 Å². The quantitative estimate of drug-likeness (QED) is 0.355. The molecule has 1 fully saturated rings. The summed E-state index contributed by atoms with van der Waals surface area (Å²) in [6, 6.07) is 20.8. The van der Waals surface area contributed by atoms with Crippen molar-refractivity contribution in [1.82, 2.24) is 19.7 Å². The van der Waals surface area contributed by atoms with Gasteiger partial charge in [-0.3, -0.25) is 4.98 Å². The number of hydrogen-bond acceptors (Lipinski definition) is 6. The van der Waals surface area contributed by atoms with E-state index < -0.39 is 0 Å². The highest BCUT2D eigenvalue weighted by Crippen LogP contribution is 2.34. The third-order valence-electron chi connectivity index (χ3n) is 7.06. The fourth-order valence-electron chi connectivity index (χ4n) is 5.22. The van der Waals surface area contributed by atoms with Crippen molar-refractivity contribution in [2.75, 3.05) is 5.32 Å². The van der Waals surface area contributed by atoms with Gasteiger partial charge in [0.05, 0.1) is 40.4 Å². The number of anilines is 1. The summed E-state index contributed by atoms with van der Waals surface area (Å²) >= 11 is 0. The van der Waals surface area contributed by atoms with Crippen molar-refractivity contribution in [2.45, 2.75) is 44.8 Å². The first-order chi connectivity index (χ1) is 17.6. The number of nitriles is 1. The number of nitrogens with one attached hydrogen (secondary N) is 1. The number of benzene rings is 2. The molecule has 1 saturated carbocycles. The summed E-state index contributed by atoms with van der Waals surface area (Å²) in [7, 11) is 0. The number of fused-ring (bicyclic) bond motifs is 2. The van der Waals surface area contributed by atoms with E-state index in [2.05, 4.69) is 45.6 Å². The molecule has 7 nitrogen and oxygen atoms in total. The molecule has 7 heteroatoms. The molecule has 0 amide bonds. The highest BCUT2D eigenvalue weighted by atomic mass is 16.3. The largest absolute Gasteiger partial charge is 0.393 e. The van der Waals surface area contributed by atoms with E-state index in [0.717, 1.165) is 70.0 Å². The number of aliphatic hydroxyl groups excluding tert-OH is 1. The van der Waals surface area contributed by atoms with Crippen LogP contribution >= 0.6 is 0 Å². The van der Waals surface area contributed by atoms with Crippen LogP contribution in [0.2, 0.25) is 0 Å². The Labute approximate surface area is 209 Å². The lowest BCUT2D eigenvalue weighted by Crippen LogP contribution is -2.28. The fourth-order valence-corrected chi connectivity index (χ4v) is 5.22. The normalized spacial score (nSPS) is 17.8. The lowest BCUT2D eigenvalue weighted by molar-refractivity contribution is 0.126. The van der Waals surface area contributed by atoms with Crippen molar-refractivity contribution in [1.29, 1.82) is 5.26 Å². The van der Waals surface area contributed by atoms with Crippen LogP contribution in [0, 0.1) is 18.3 Å². The van der Waals surface area contributed by atoms with Gasteiger partial charge in [0.2, 0.25) is 0 Å². The van der Waals surface area contributed by atoms with Crippen molar-refractivity contribution in [3.63, 3.8) is 0 Å². The standard InChI is InChI=1S/C29H26N6O/c1-18-29-24(20-13-19-5-2-3-7-25(19)31-16-20)6-4-8-28(29)35(34-18)22-14-26(27(15-30)32-17-22)33-21-9-11-23(36)12-10-21/h2-8,13-14,16-17,21,23,33,36H,9-12H2,1H3/t21-,23-. The van der Waals surface area contributed by atoms with E-state index in [1.54, 1.807) is 6.20 Å². The van der Waals surface area contributed by atoms with Gasteiger partial charge >= 0.3 is 0 Å². The molecule has 0 bridgehead atoms. The second-order valence-corrected chi connectivity index (χ2v) is 9.46. The summed E-state index contributed by atoms with van der Waals surface area (Å²) < 4.78 is 1.90. The molecule has 2 N–H and O–H groups in total. The average molecular weight is 475 g/mol. The third-order valence-corrected chi connectivity index (χ3v) is 7.06. The summed E-state index contributed by atoms with van der Waals surface area (Å²) in [6.45, 7) is 2.01. The molecular weight excluding hydrogens is 448 g/mol. The molecule has 0 saturated heterocycles. The zero-order valence-electron chi connectivity index (χ0n) is 20.0. The van der Waals surface area contributed by atoms with Crippen LogP contribution in [0.5, 0.6) is 0 Å². The summed E-state index contributed by atoms with van der Waals surface area (Å²) in [5.41, 5.74) is 6.83. The summed E-state index contributed by atoms with van der Waals surface area (Å²) in [5.74, 6) is 0. The van der Waals surface area contributed by atoms with Crippen LogP contribution in [0.3, 0.4) is 0 Å². The van der Waals surface area contributed by atoms with E-state index in [4.69, 9.17) is 5.10 Å². The molecule has 0 unspecified atom stereocenters. The Morgan fingerprint density at radius 1 is 1.00 bits per heavy atom. The number of nitrogens with zero attached hydrogens (tertiary/aromatic N) is 5. The monoisotopic (exact) mass is 474 g/mol. The van der Waals surface area contributed by atoms with Crippen LogP contribution in [-0.2, 0) is 0 Å². The molecule has 0 spiro atoms. The molecule has 0 radical (unpaired) electrons. The number of hydrogen-bond donors (Lipinski definition) is 2. The SMILES string of the molecule is Cc1nn(-c2cnc(C#N)c(N[C@H]3CC[C@H](O)CC3)c2)c2cccc(-c3cnc4ccccc4c3)c12. The van der Waals surface area contributed by atoms with Crippen LogP contribution in [0.1, 0.15) is 37.1 Å². The molecule has 36 heavy (non-hydrogen) atoms. The number of pyridine rings is 2. The Balaban J connectivity index is 1.42. The lowest BCUT2D eigenvalue weighted by Gasteiger charge is -2.27. The molecule has 0 aliphatic heterocycles. The first-order valence-electron chi connectivity index (χ1n) is 12.3. The minimum atomic E-state index is -0.228. The number of aryl methyl sites for hydroxylation is 1. The zero-order chi connectivity index (χ0) is 24.6. The van der Waals surface area contributed by atoms with Crippen LogP contribution in [-0.4, -0.2) is 37.0 Å². The van der Waals surface area contributed by atoms with Crippen LogP contribution in [0.4, 0.5) is 5.69 Å². The van der Waals surface area contributed by atoms with Crippen molar-refractivity contribution < 1.29 is 5.11 Å². The minimum absolute atomic E-state index is 0.209. The van der Waals surface area contributed by atoms with Crippen molar-refractivity contribution in [3.05, 3.63) is 78.4 Å². The smallest absolute Gasteiger partial charge is 0.163 e. The highest BCUT2D eigenvalue weighted by Gasteiger charge is 2.21. The average Bonchev–Trinajstić information content (AvgIpc) is 3.26. The third kappa shape index (κ3) is 3.96. The number of aromatic nitrogens is 4. The Kier molecular flexibility index (Phi) is 5.59. The van der Waals surface area contributed by atoms with E-state index in [9.17, 15) is 10.4 Å². The van der Waals surface area contributed by atoms with E-state index >= 15 is 0 Å². The molecule has 2 aromatic carbocycles. The van der Waals surface area contributed by atoms with Gasteiger partial charge < -0.3 is 10.4 Å². The molecule has 1 aliphatic rings. The summed E-state index contributed by atoms with van der Waals surface area (Å²) in [4.78, 5) is 9.10. The second kappa shape index (κ2) is 9.06. The van der Waals surface area contributed by atoms with Crippen LogP contribution in [0.25, 0.3) is 38.6 Å². The van der Waals surface area contributed by atoms with E-state index in [1.165, 1.54) is 0 Å². The fraction of sp³-hybridized carbons (Fsp3) is 0.241. The Hall–Kier alpha value is -4.28. The predicted molar refractivity (Wildman–Crippen MR) is 141 cm³/mol. The Morgan fingerprint density at radius 2 is 1.83 bits per heavy atom. The Bertz CT molecular complexity index is 1620. The van der Waals surface area contributed by atoms with Crippen molar-refractivity contribution in [3.8, 4) is 22.9 Å². The number of para-hydroxylation sites is 1. The highest BCUT2D eigenvalue weighted by molar-refractivity contribution is 5.99. The Morgan fingerprint density at radius 3 is 2.67 bits per heavy atom. The van der Waals surface area contributed by atoms with Gasteiger partial charge in [-0.2, -0.15) is 10.4 Å². The van der Waals surface area contributed by atoms with Gasteiger partial charge in [-0.1, -0.05) is 30.3 Å². The molecule has 3 heterocycles. The molecular formula is C29H26N6O. The molecule has 6 rings (SSSR count). The zero-order valence-corrected chi connectivity index (χ0v) is 20.0. The molecule has 5 aromatic rings. The van der Waals surface area contributed by atoms with E-state index in [1.807, 2.05) is 48.1 Å². The molecule has 178 valence electrons. The summed E-state index contributed by atoms with van der Waals surface area (Å²) in [6.07, 6.45) is 6.65. The van der Waals surface area contributed by atoms with Crippen molar-refractivity contribution >= 4 is 27.5 Å². The van der Waals surface area contributed by atoms with Crippen molar-refractivity contribution in [2.24, 2.45) is 0 Å². The van der Waals surface area contributed by atoms with E-state index in [0.29, 0.717) is 11.4 Å². The van der Waals surface area contributed by atoms with Crippen LogP contribution in [0.15, 0.2) is 67.0 Å². The maximum Gasteiger partial charge on any atom is 0.163 e.